The second kappa shape index (κ2) is 5.85. The van der Waals surface area contributed by atoms with Crippen molar-refractivity contribution >= 4 is 5.97 Å². The molecular formula is C14H25NO2. The molecule has 17 heavy (non-hydrogen) atoms. The van der Waals surface area contributed by atoms with E-state index in [9.17, 15) is 4.79 Å². The van der Waals surface area contributed by atoms with E-state index < -0.39 is 0 Å². The zero-order chi connectivity index (χ0) is 12.3. The number of likely N-dealkylation sites (tertiary alicyclic amines) is 1. The predicted molar refractivity (Wildman–Crippen MR) is 67.7 cm³/mol. The van der Waals surface area contributed by atoms with Gasteiger partial charge in [-0.2, -0.15) is 0 Å². The average molecular weight is 239 g/mol. The second-order valence-electron chi connectivity index (χ2n) is 5.75. The van der Waals surface area contributed by atoms with Crippen molar-refractivity contribution in [3.63, 3.8) is 0 Å². The van der Waals surface area contributed by atoms with E-state index in [1.807, 2.05) is 0 Å². The molecule has 0 aromatic rings. The number of nitrogens with zero attached hydrogens (tertiary/aromatic N) is 1. The van der Waals surface area contributed by atoms with E-state index in [0.717, 1.165) is 37.9 Å². The molecule has 0 amide bonds. The Morgan fingerprint density at radius 1 is 1.06 bits per heavy atom. The molecule has 3 nitrogen and oxygen atoms in total. The van der Waals surface area contributed by atoms with Crippen molar-refractivity contribution in [1.82, 2.24) is 4.90 Å². The number of hydrogen-bond donors (Lipinski definition) is 0. The molecule has 0 unspecified atom stereocenters. The number of carbonyl (C=O) groups is 1. The van der Waals surface area contributed by atoms with Gasteiger partial charge in [0.2, 0.25) is 0 Å². The van der Waals surface area contributed by atoms with Crippen LogP contribution in [0.25, 0.3) is 0 Å². The van der Waals surface area contributed by atoms with Crippen molar-refractivity contribution in [1.29, 1.82) is 0 Å². The predicted octanol–water partition coefficient (Wildman–Crippen LogP) is 2.45. The number of ether oxygens (including phenoxy) is 1. The Balaban J connectivity index is 1.77. The Kier molecular flexibility index (Phi) is 4.43. The Labute approximate surface area is 105 Å². The fourth-order valence-corrected chi connectivity index (χ4v) is 3.27. The molecule has 0 radical (unpaired) electrons. The first-order chi connectivity index (χ1) is 8.20. The van der Waals surface area contributed by atoms with Gasteiger partial charge in [-0.15, -0.1) is 0 Å². The molecular weight excluding hydrogens is 214 g/mol. The highest BCUT2D eigenvalue weighted by atomic mass is 16.5. The number of rotatable bonds is 2. The van der Waals surface area contributed by atoms with E-state index in [2.05, 4.69) is 11.8 Å². The number of carbonyl (C=O) groups excluding carboxylic acids is 1. The van der Waals surface area contributed by atoms with Crippen LogP contribution in [-0.2, 0) is 9.53 Å². The van der Waals surface area contributed by atoms with Gasteiger partial charge < -0.3 is 9.64 Å². The van der Waals surface area contributed by atoms with Crippen LogP contribution < -0.4 is 0 Å². The summed E-state index contributed by atoms with van der Waals surface area (Å²) in [6.07, 6.45) is 7.43. The van der Waals surface area contributed by atoms with Crippen molar-refractivity contribution in [2.75, 3.05) is 20.2 Å². The third-order valence-corrected chi connectivity index (χ3v) is 4.57. The van der Waals surface area contributed by atoms with E-state index in [-0.39, 0.29) is 11.9 Å². The molecule has 3 heteroatoms. The third kappa shape index (κ3) is 3.21. The molecule has 0 bridgehead atoms. The van der Waals surface area contributed by atoms with Gasteiger partial charge >= 0.3 is 5.97 Å². The molecule has 98 valence electrons. The number of esters is 1. The van der Waals surface area contributed by atoms with Gasteiger partial charge in [0.1, 0.15) is 0 Å². The number of piperidine rings is 1. The normalized spacial score (nSPS) is 32.4. The minimum atomic E-state index is -0.0121. The van der Waals surface area contributed by atoms with Gasteiger partial charge in [0.15, 0.2) is 0 Å². The third-order valence-electron chi connectivity index (χ3n) is 4.57. The van der Waals surface area contributed by atoms with Crippen LogP contribution in [0.2, 0.25) is 0 Å². The maximum Gasteiger partial charge on any atom is 0.308 e. The molecule has 1 aliphatic carbocycles. The molecule has 0 aromatic heterocycles. The van der Waals surface area contributed by atoms with Crippen molar-refractivity contribution in [3.8, 4) is 0 Å². The van der Waals surface area contributed by atoms with E-state index >= 15 is 0 Å². The topological polar surface area (TPSA) is 29.5 Å². The SMILES string of the molecule is COC(=O)C1CCN(C2CCC(C)CC2)CC1. The molecule has 2 aliphatic rings. The minimum absolute atomic E-state index is 0.0121. The standard InChI is InChI=1S/C14H25NO2/c1-11-3-5-13(6-4-11)15-9-7-12(8-10-15)14(16)17-2/h11-13H,3-10H2,1-2H3. The molecule has 0 N–H and O–H groups in total. The zero-order valence-electron chi connectivity index (χ0n) is 11.2. The van der Waals surface area contributed by atoms with Crippen molar-refractivity contribution in [2.45, 2.75) is 51.5 Å². The van der Waals surface area contributed by atoms with E-state index in [4.69, 9.17) is 4.74 Å². The number of hydrogen-bond acceptors (Lipinski definition) is 3. The van der Waals surface area contributed by atoms with E-state index in [0.29, 0.717) is 0 Å². The molecule has 0 aromatic carbocycles. The Hall–Kier alpha value is -0.570. The van der Waals surface area contributed by atoms with Crippen LogP contribution >= 0.6 is 0 Å². The van der Waals surface area contributed by atoms with Gasteiger partial charge in [-0.3, -0.25) is 4.79 Å². The first-order valence-electron chi connectivity index (χ1n) is 7.02. The summed E-state index contributed by atoms with van der Waals surface area (Å²) in [7, 11) is 1.50. The molecule has 0 atom stereocenters. The van der Waals surface area contributed by atoms with Crippen molar-refractivity contribution < 1.29 is 9.53 Å². The summed E-state index contributed by atoms with van der Waals surface area (Å²) < 4.78 is 4.83. The maximum absolute atomic E-state index is 11.5. The lowest BCUT2D eigenvalue weighted by Crippen LogP contribution is -2.44. The summed E-state index contributed by atoms with van der Waals surface area (Å²) in [4.78, 5) is 14.1. The average Bonchev–Trinajstić information content (AvgIpc) is 2.39. The Morgan fingerprint density at radius 2 is 1.65 bits per heavy atom. The molecule has 1 saturated heterocycles. The van der Waals surface area contributed by atoms with E-state index in [1.165, 1.54) is 32.8 Å². The molecule has 1 aliphatic heterocycles. The minimum Gasteiger partial charge on any atom is -0.469 e. The van der Waals surface area contributed by atoms with E-state index in [1.54, 1.807) is 0 Å². The maximum atomic E-state index is 11.5. The van der Waals surface area contributed by atoms with Gasteiger partial charge in [0.25, 0.3) is 0 Å². The summed E-state index contributed by atoms with van der Waals surface area (Å²) in [6, 6.07) is 0.782. The summed E-state index contributed by atoms with van der Waals surface area (Å²) in [5, 5.41) is 0. The number of methoxy groups -OCH3 is 1. The van der Waals surface area contributed by atoms with Gasteiger partial charge in [-0.1, -0.05) is 6.92 Å². The molecule has 2 rings (SSSR count). The lowest BCUT2D eigenvalue weighted by molar-refractivity contribution is -0.147. The van der Waals surface area contributed by atoms with Crippen LogP contribution in [0.1, 0.15) is 45.4 Å². The first kappa shape index (κ1) is 12.9. The summed E-state index contributed by atoms with van der Waals surface area (Å²) >= 11 is 0. The van der Waals surface area contributed by atoms with Gasteiger partial charge in [-0.05, 0) is 57.5 Å². The summed E-state index contributed by atoms with van der Waals surface area (Å²) in [5.74, 6) is 1.06. The van der Waals surface area contributed by atoms with Crippen LogP contribution in [0, 0.1) is 11.8 Å². The van der Waals surface area contributed by atoms with Gasteiger partial charge in [0, 0.05) is 6.04 Å². The lowest BCUT2D eigenvalue weighted by atomic mass is 9.85. The first-order valence-corrected chi connectivity index (χ1v) is 7.02. The molecule has 1 heterocycles. The van der Waals surface area contributed by atoms with Crippen molar-refractivity contribution in [3.05, 3.63) is 0 Å². The van der Waals surface area contributed by atoms with Gasteiger partial charge in [-0.25, -0.2) is 0 Å². The highest BCUT2D eigenvalue weighted by molar-refractivity contribution is 5.72. The fraction of sp³-hybridized carbons (Fsp3) is 0.929. The van der Waals surface area contributed by atoms with Crippen LogP contribution in [0.15, 0.2) is 0 Å². The monoisotopic (exact) mass is 239 g/mol. The molecule has 2 fully saturated rings. The van der Waals surface area contributed by atoms with Crippen LogP contribution in [-0.4, -0.2) is 37.1 Å². The Morgan fingerprint density at radius 3 is 2.18 bits per heavy atom. The zero-order valence-corrected chi connectivity index (χ0v) is 11.2. The molecule has 0 spiro atoms. The quantitative estimate of drug-likeness (QED) is 0.693. The highest BCUT2D eigenvalue weighted by Gasteiger charge is 2.30. The lowest BCUT2D eigenvalue weighted by Gasteiger charge is -2.39. The largest absolute Gasteiger partial charge is 0.469 e. The highest BCUT2D eigenvalue weighted by Crippen LogP contribution is 2.30. The molecule has 1 saturated carbocycles. The van der Waals surface area contributed by atoms with Gasteiger partial charge in [0.05, 0.1) is 13.0 Å². The van der Waals surface area contributed by atoms with Crippen LogP contribution in [0.4, 0.5) is 0 Å². The summed E-state index contributed by atoms with van der Waals surface area (Å²) in [5.41, 5.74) is 0. The van der Waals surface area contributed by atoms with Crippen LogP contribution in [0.3, 0.4) is 0 Å². The Bertz CT molecular complexity index is 251. The van der Waals surface area contributed by atoms with Crippen molar-refractivity contribution in [2.24, 2.45) is 11.8 Å². The van der Waals surface area contributed by atoms with Crippen LogP contribution in [0.5, 0.6) is 0 Å². The second-order valence-corrected chi connectivity index (χ2v) is 5.75. The fourth-order valence-electron chi connectivity index (χ4n) is 3.27. The smallest absolute Gasteiger partial charge is 0.308 e. The summed E-state index contributed by atoms with van der Waals surface area (Å²) in [6.45, 7) is 4.53.